The van der Waals surface area contributed by atoms with Crippen LogP contribution in [-0.4, -0.2) is 12.3 Å². The van der Waals surface area contributed by atoms with E-state index < -0.39 is 0 Å². The molecule has 0 fully saturated rings. The standard InChI is InChI=1S/C12H21NS2/c1-12(2,10-13)7-3-4-8-14-11-6-5-9-15-11/h5-6,9H,3-4,7-8,10,13H2,1-2H3. The number of nitrogens with two attached hydrogens (primary N) is 1. The van der Waals surface area contributed by atoms with Crippen molar-refractivity contribution in [3.63, 3.8) is 0 Å². The van der Waals surface area contributed by atoms with Crippen molar-refractivity contribution in [2.45, 2.75) is 37.3 Å². The molecule has 0 atom stereocenters. The quantitative estimate of drug-likeness (QED) is 0.579. The normalized spacial score (nSPS) is 11.9. The molecule has 0 aliphatic rings. The van der Waals surface area contributed by atoms with E-state index in [2.05, 4.69) is 31.4 Å². The Bertz CT molecular complexity index is 255. The van der Waals surface area contributed by atoms with Gasteiger partial charge in [-0.25, -0.2) is 0 Å². The molecule has 1 aromatic rings. The van der Waals surface area contributed by atoms with Crippen LogP contribution >= 0.6 is 23.1 Å². The zero-order valence-electron chi connectivity index (χ0n) is 9.66. The Labute approximate surface area is 101 Å². The van der Waals surface area contributed by atoms with E-state index in [9.17, 15) is 0 Å². The van der Waals surface area contributed by atoms with E-state index in [0.29, 0.717) is 5.41 Å². The third-order valence-electron chi connectivity index (χ3n) is 2.54. The van der Waals surface area contributed by atoms with Gasteiger partial charge in [0, 0.05) is 0 Å². The third kappa shape index (κ3) is 5.59. The van der Waals surface area contributed by atoms with Crippen molar-refractivity contribution in [3.05, 3.63) is 17.5 Å². The van der Waals surface area contributed by atoms with Gasteiger partial charge in [-0.1, -0.05) is 26.3 Å². The molecule has 0 amide bonds. The van der Waals surface area contributed by atoms with Crippen LogP contribution in [0.2, 0.25) is 0 Å². The maximum Gasteiger partial charge on any atom is 0.0598 e. The molecule has 0 saturated carbocycles. The molecule has 86 valence electrons. The molecule has 2 N–H and O–H groups in total. The van der Waals surface area contributed by atoms with E-state index >= 15 is 0 Å². The summed E-state index contributed by atoms with van der Waals surface area (Å²) in [6.45, 7) is 5.30. The Morgan fingerprint density at radius 3 is 2.80 bits per heavy atom. The van der Waals surface area contributed by atoms with Gasteiger partial charge in [-0.3, -0.25) is 0 Å². The molecule has 15 heavy (non-hydrogen) atoms. The van der Waals surface area contributed by atoms with Gasteiger partial charge in [0.25, 0.3) is 0 Å². The fraction of sp³-hybridized carbons (Fsp3) is 0.667. The molecule has 1 rings (SSSR count). The lowest BCUT2D eigenvalue weighted by Crippen LogP contribution is -2.23. The first kappa shape index (κ1) is 13.1. The van der Waals surface area contributed by atoms with E-state index in [1.54, 1.807) is 0 Å². The topological polar surface area (TPSA) is 26.0 Å². The van der Waals surface area contributed by atoms with Crippen LogP contribution in [0, 0.1) is 5.41 Å². The fourth-order valence-corrected chi connectivity index (χ4v) is 3.19. The van der Waals surface area contributed by atoms with Gasteiger partial charge in [0.15, 0.2) is 0 Å². The van der Waals surface area contributed by atoms with Crippen LogP contribution < -0.4 is 5.73 Å². The second-order valence-corrected chi connectivity index (χ2v) is 6.95. The summed E-state index contributed by atoms with van der Waals surface area (Å²) in [6, 6.07) is 4.31. The van der Waals surface area contributed by atoms with Gasteiger partial charge in [0.1, 0.15) is 0 Å². The molecule has 3 heteroatoms. The van der Waals surface area contributed by atoms with Crippen molar-refractivity contribution in [1.29, 1.82) is 0 Å². The summed E-state index contributed by atoms with van der Waals surface area (Å²) in [6.07, 6.45) is 3.84. The highest BCUT2D eigenvalue weighted by atomic mass is 32.2. The molecule has 0 spiro atoms. The average Bonchev–Trinajstić information content (AvgIpc) is 2.70. The van der Waals surface area contributed by atoms with Gasteiger partial charge in [0.05, 0.1) is 4.21 Å². The molecule has 0 bridgehead atoms. The number of unbranched alkanes of at least 4 members (excludes halogenated alkanes) is 1. The molecule has 0 aliphatic heterocycles. The summed E-state index contributed by atoms with van der Waals surface area (Å²) in [4.78, 5) is 0. The number of rotatable bonds is 7. The summed E-state index contributed by atoms with van der Waals surface area (Å²) in [7, 11) is 0. The first-order valence-corrected chi connectivity index (χ1v) is 7.37. The van der Waals surface area contributed by atoms with Crippen LogP contribution in [0.1, 0.15) is 33.1 Å². The molecule has 1 nitrogen and oxygen atoms in total. The minimum Gasteiger partial charge on any atom is -0.330 e. The van der Waals surface area contributed by atoms with E-state index in [0.717, 1.165) is 6.54 Å². The van der Waals surface area contributed by atoms with Crippen molar-refractivity contribution in [2.75, 3.05) is 12.3 Å². The van der Waals surface area contributed by atoms with E-state index in [4.69, 9.17) is 5.73 Å². The Morgan fingerprint density at radius 1 is 1.40 bits per heavy atom. The highest BCUT2D eigenvalue weighted by Gasteiger charge is 2.14. The second kappa shape index (κ2) is 6.56. The number of hydrogen-bond donors (Lipinski definition) is 1. The van der Waals surface area contributed by atoms with Crippen LogP contribution in [0.25, 0.3) is 0 Å². The van der Waals surface area contributed by atoms with E-state index in [1.165, 1.54) is 29.2 Å². The molecule has 0 unspecified atom stereocenters. The highest BCUT2D eigenvalue weighted by Crippen LogP contribution is 2.26. The predicted octanol–water partition coefficient (Wildman–Crippen LogP) is 4.00. The molecule has 0 aliphatic carbocycles. The van der Waals surface area contributed by atoms with E-state index in [-0.39, 0.29) is 0 Å². The van der Waals surface area contributed by atoms with Crippen molar-refractivity contribution in [2.24, 2.45) is 11.1 Å². The van der Waals surface area contributed by atoms with Crippen molar-refractivity contribution >= 4 is 23.1 Å². The minimum absolute atomic E-state index is 0.327. The van der Waals surface area contributed by atoms with E-state index in [1.807, 2.05) is 23.1 Å². The smallest absolute Gasteiger partial charge is 0.0598 e. The van der Waals surface area contributed by atoms with Crippen LogP contribution in [0.4, 0.5) is 0 Å². The Kier molecular flexibility index (Phi) is 5.72. The van der Waals surface area contributed by atoms with Crippen molar-refractivity contribution < 1.29 is 0 Å². The van der Waals surface area contributed by atoms with Gasteiger partial charge >= 0.3 is 0 Å². The maximum atomic E-state index is 5.69. The Morgan fingerprint density at radius 2 is 2.20 bits per heavy atom. The van der Waals surface area contributed by atoms with Crippen molar-refractivity contribution in [1.82, 2.24) is 0 Å². The van der Waals surface area contributed by atoms with Gasteiger partial charge in [-0.05, 0) is 42.0 Å². The molecule has 0 aromatic carbocycles. The summed E-state index contributed by atoms with van der Waals surface area (Å²) in [5, 5.41) is 2.14. The monoisotopic (exact) mass is 243 g/mol. The summed E-state index contributed by atoms with van der Waals surface area (Å²) in [5.41, 5.74) is 6.02. The average molecular weight is 243 g/mol. The number of thiophene rings is 1. The van der Waals surface area contributed by atoms with Crippen LogP contribution in [0.15, 0.2) is 21.7 Å². The van der Waals surface area contributed by atoms with Crippen LogP contribution in [0.3, 0.4) is 0 Å². The van der Waals surface area contributed by atoms with Crippen LogP contribution in [0.5, 0.6) is 0 Å². The molecular formula is C12H21NS2. The highest BCUT2D eigenvalue weighted by molar-refractivity contribution is 8.01. The van der Waals surface area contributed by atoms with Gasteiger partial charge in [-0.2, -0.15) is 0 Å². The zero-order chi connectivity index (χ0) is 11.1. The SMILES string of the molecule is CC(C)(CN)CCCCSc1cccs1. The van der Waals surface area contributed by atoms with Gasteiger partial charge < -0.3 is 5.73 Å². The zero-order valence-corrected chi connectivity index (χ0v) is 11.3. The van der Waals surface area contributed by atoms with Crippen molar-refractivity contribution in [3.8, 4) is 0 Å². The fourth-order valence-electron chi connectivity index (χ4n) is 1.33. The number of hydrogen-bond acceptors (Lipinski definition) is 3. The Balaban J connectivity index is 2.03. The molecular weight excluding hydrogens is 222 g/mol. The second-order valence-electron chi connectivity index (χ2n) is 4.61. The summed E-state index contributed by atoms with van der Waals surface area (Å²) in [5.74, 6) is 1.24. The summed E-state index contributed by atoms with van der Waals surface area (Å²) < 4.78 is 1.44. The summed E-state index contributed by atoms with van der Waals surface area (Å²) >= 11 is 3.81. The molecule has 1 aromatic heterocycles. The lowest BCUT2D eigenvalue weighted by molar-refractivity contribution is 0.336. The van der Waals surface area contributed by atoms with Gasteiger partial charge in [-0.15, -0.1) is 23.1 Å². The predicted molar refractivity (Wildman–Crippen MR) is 71.7 cm³/mol. The molecule has 0 saturated heterocycles. The molecule has 1 heterocycles. The maximum absolute atomic E-state index is 5.69. The largest absolute Gasteiger partial charge is 0.330 e. The lowest BCUT2D eigenvalue weighted by atomic mass is 9.88. The lowest BCUT2D eigenvalue weighted by Gasteiger charge is -2.21. The minimum atomic E-state index is 0.327. The van der Waals surface area contributed by atoms with Gasteiger partial charge in [0.2, 0.25) is 0 Å². The van der Waals surface area contributed by atoms with Crippen LogP contribution in [-0.2, 0) is 0 Å². The molecule has 0 radical (unpaired) electrons. The first-order valence-electron chi connectivity index (χ1n) is 5.50. The Hall–Kier alpha value is 0.01000. The first-order chi connectivity index (χ1) is 7.14. The third-order valence-corrected chi connectivity index (χ3v) is 4.76. The number of thioether (sulfide) groups is 1.